The van der Waals surface area contributed by atoms with E-state index in [1.165, 1.54) is 11.8 Å². The SMILES string of the molecule is CCN(CC)C(=O)c1ccc(NC(=O)CS[C@@H]2CCS(=O)(=O)C2)cc1. The van der Waals surface area contributed by atoms with Gasteiger partial charge in [-0.05, 0) is 44.5 Å². The third kappa shape index (κ3) is 5.74. The number of nitrogens with zero attached hydrogens (tertiary/aromatic N) is 1. The van der Waals surface area contributed by atoms with Crippen LogP contribution in [0.4, 0.5) is 5.69 Å². The Morgan fingerprint density at radius 3 is 2.36 bits per heavy atom. The van der Waals surface area contributed by atoms with Crippen LogP contribution in [0.2, 0.25) is 0 Å². The Labute approximate surface area is 153 Å². The van der Waals surface area contributed by atoms with E-state index in [2.05, 4.69) is 5.32 Å². The van der Waals surface area contributed by atoms with E-state index in [1.54, 1.807) is 29.2 Å². The number of carbonyl (C=O) groups excluding carboxylic acids is 2. The second kappa shape index (κ2) is 8.71. The third-order valence-electron chi connectivity index (χ3n) is 4.11. The van der Waals surface area contributed by atoms with Gasteiger partial charge in [-0.15, -0.1) is 11.8 Å². The number of amides is 2. The van der Waals surface area contributed by atoms with Gasteiger partial charge in [-0.25, -0.2) is 8.42 Å². The van der Waals surface area contributed by atoms with E-state index < -0.39 is 9.84 Å². The standard InChI is InChI=1S/C17H24N2O4S2/c1-3-19(4-2)17(21)13-5-7-14(8-6-13)18-16(20)11-24-15-9-10-25(22,23)12-15/h5-8,15H,3-4,9-12H2,1-2H3,(H,18,20)/t15-/m1/s1. The highest BCUT2D eigenvalue weighted by atomic mass is 32.2. The molecule has 0 aliphatic carbocycles. The largest absolute Gasteiger partial charge is 0.339 e. The molecule has 0 spiro atoms. The summed E-state index contributed by atoms with van der Waals surface area (Å²) in [6, 6.07) is 6.82. The first-order chi connectivity index (χ1) is 11.8. The van der Waals surface area contributed by atoms with Gasteiger partial charge in [-0.2, -0.15) is 0 Å². The molecule has 0 aromatic heterocycles. The molecule has 1 aromatic carbocycles. The molecular weight excluding hydrogens is 360 g/mol. The molecule has 2 amide bonds. The van der Waals surface area contributed by atoms with Crippen LogP contribution in [0.25, 0.3) is 0 Å². The van der Waals surface area contributed by atoms with Crippen molar-refractivity contribution in [2.45, 2.75) is 25.5 Å². The first kappa shape index (κ1) is 19.8. The summed E-state index contributed by atoms with van der Waals surface area (Å²) in [5.74, 6) is 0.403. The number of benzene rings is 1. The zero-order chi connectivity index (χ0) is 18.4. The zero-order valence-electron chi connectivity index (χ0n) is 14.5. The lowest BCUT2D eigenvalue weighted by Gasteiger charge is -2.18. The molecule has 25 heavy (non-hydrogen) atoms. The van der Waals surface area contributed by atoms with E-state index in [9.17, 15) is 18.0 Å². The first-order valence-corrected chi connectivity index (χ1v) is 11.2. The Morgan fingerprint density at radius 2 is 1.84 bits per heavy atom. The number of thioether (sulfide) groups is 1. The monoisotopic (exact) mass is 384 g/mol. The Hall–Kier alpha value is -1.54. The number of nitrogens with one attached hydrogen (secondary N) is 1. The fraction of sp³-hybridized carbons (Fsp3) is 0.529. The second-order valence-corrected chi connectivity index (χ2v) is 9.46. The van der Waals surface area contributed by atoms with Gasteiger partial charge in [0.15, 0.2) is 9.84 Å². The highest BCUT2D eigenvalue weighted by molar-refractivity contribution is 8.02. The van der Waals surface area contributed by atoms with Gasteiger partial charge in [0.05, 0.1) is 17.3 Å². The highest BCUT2D eigenvalue weighted by Crippen LogP contribution is 2.24. The Bertz CT molecular complexity index is 713. The number of anilines is 1. The number of sulfone groups is 1. The molecule has 1 aromatic rings. The van der Waals surface area contributed by atoms with Crippen LogP contribution in [0.1, 0.15) is 30.6 Å². The van der Waals surface area contributed by atoms with E-state index in [1.807, 2.05) is 13.8 Å². The lowest BCUT2D eigenvalue weighted by atomic mass is 10.2. The highest BCUT2D eigenvalue weighted by Gasteiger charge is 2.28. The van der Waals surface area contributed by atoms with Crippen molar-refractivity contribution in [2.24, 2.45) is 0 Å². The Balaban J connectivity index is 1.84. The molecule has 1 aliphatic heterocycles. The maximum Gasteiger partial charge on any atom is 0.253 e. The van der Waals surface area contributed by atoms with Gasteiger partial charge in [0, 0.05) is 29.6 Å². The summed E-state index contributed by atoms with van der Waals surface area (Å²) in [4.78, 5) is 26.0. The Kier molecular flexibility index (Phi) is 6.89. The molecule has 138 valence electrons. The van der Waals surface area contributed by atoms with Gasteiger partial charge in [0.25, 0.3) is 5.91 Å². The average Bonchev–Trinajstić information content (AvgIpc) is 2.94. The number of hydrogen-bond acceptors (Lipinski definition) is 5. The molecule has 1 saturated heterocycles. The van der Waals surface area contributed by atoms with Crippen molar-refractivity contribution in [1.29, 1.82) is 0 Å². The fourth-order valence-electron chi connectivity index (χ4n) is 2.67. The third-order valence-corrected chi connectivity index (χ3v) is 7.39. The molecule has 0 saturated carbocycles. The summed E-state index contributed by atoms with van der Waals surface area (Å²) in [5.41, 5.74) is 1.22. The number of rotatable bonds is 7. The van der Waals surface area contributed by atoms with Gasteiger partial charge in [0.1, 0.15) is 0 Å². The van der Waals surface area contributed by atoms with Gasteiger partial charge < -0.3 is 10.2 Å². The van der Waals surface area contributed by atoms with Gasteiger partial charge >= 0.3 is 0 Å². The first-order valence-electron chi connectivity index (χ1n) is 8.36. The quantitative estimate of drug-likeness (QED) is 0.778. The van der Waals surface area contributed by atoms with Crippen molar-refractivity contribution in [3.8, 4) is 0 Å². The van der Waals surface area contributed by atoms with Crippen LogP contribution in [0.5, 0.6) is 0 Å². The van der Waals surface area contributed by atoms with Crippen molar-refractivity contribution in [3.63, 3.8) is 0 Å². The maximum atomic E-state index is 12.2. The molecule has 1 fully saturated rings. The summed E-state index contributed by atoms with van der Waals surface area (Å²) in [5, 5.41) is 2.78. The van der Waals surface area contributed by atoms with Gasteiger partial charge in [-0.1, -0.05) is 0 Å². The summed E-state index contributed by atoms with van der Waals surface area (Å²) in [7, 11) is -2.92. The van der Waals surface area contributed by atoms with Crippen molar-refractivity contribution in [2.75, 3.05) is 35.7 Å². The summed E-state index contributed by atoms with van der Waals surface area (Å²) in [6.07, 6.45) is 0.614. The minimum atomic E-state index is -2.92. The topological polar surface area (TPSA) is 83.6 Å². The second-order valence-electron chi connectivity index (χ2n) is 5.94. The van der Waals surface area contributed by atoms with Crippen LogP contribution < -0.4 is 5.32 Å². The number of hydrogen-bond donors (Lipinski definition) is 1. The van der Waals surface area contributed by atoms with Crippen LogP contribution >= 0.6 is 11.8 Å². The average molecular weight is 385 g/mol. The Morgan fingerprint density at radius 1 is 1.20 bits per heavy atom. The number of carbonyl (C=O) groups is 2. The van der Waals surface area contributed by atoms with E-state index >= 15 is 0 Å². The van der Waals surface area contributed by atoms with Gasteiger partial charge in [-0.3, -0.25) is 9.59 Å². The lowest BCUT2D eigenvalue weighted by Crippen LogP contribution is -2.30. The van der Waals surface area contributed by atoms with Gasteiger partial charge in [0.2, 0.25) is 5.91 Å². The van der Waals surface area contributed by atoms with Crippen molar-refractivity contribution in [1.82, 2.24) is 4.90 Å². The van der Waals surface area contributed by atoms with Crippen LogP contribution in [0.15, 0.2) is 24.3 Å². The van der Waals surface area contributed by atoms with E-state index in [0.29, 0.717) is 30.8 Å². The molecule has 1 N–H and O–H groups in total. The molecule has 6 nitrogen and oxygen atoms in total. The normalized spacial score (nSPS) is 18.7. The minimum Gasteiger partial charge on any atom is -0.339 e. The smallest absolute Gasteiger partial charge is 0.253 e. The zero-order valence-corrected chi connectivity index (χ0v) is 16.2. The van der Waals surface area contributed by atoms with Crippen molar-refractivity contribution >= 4 is 39.1 Å². The van der Waals surface area contributed by atoms with E-state index in [-0.39, 0.29) is 34.3 Å². The predicted molar refractivity (Wildman–Crippen MR) is 102 cm³/mol. The van der Waals surface area contributed by atoms with Crippen LogP contribution in [-0.4, -0.2) is 60.7 Å². The molecule has 2 rings (SSSR count). The van der Waals surface area contributed by atoms with E-state index in [4.69, 9.17) is 0 Å². The molecule has 0 unspecified atom stereocenters. The molecular formula is C17H24N2O4S2. The molecule has 8 heteroatoms. The lowest BCUT2D eigenvalue weighted by molar-refractivity contribution is -0.113. The minimum absolute atomic E-state index is 0.00446. The van der Waals surface area contributed by atoms with Crippen molar-refractivity contribution < 1.29 is 18.0 Å². The molecule has 1 heterocycles. The van der Waals surface area contributed by atoms with Crippen LogP contribution in [0.3, 0.4) is 0 Å². The molecule has 0 radical (unpaired) electrons. The van der Waals surface area contributed by atoms with E-state index in [0.717, 1.165) is 0 Å². The van der Waals surface area contributed by atoms with Crippen molar-refractivity contribution in [3.05, 3.63) is 29.8 Å². The molecule has 1 atom stereocenters. The van der Waals surface area contributed by atoms with Crippen LogP contribution in [0, 0.1) is 0 Å². The summed E-state index contributed by atoms with van der Waals surface area (Å²) >= 11 is 1.38. The fourth-order valence-corrected chi connectivity index (χ4v) is 6.12. The summed E-state index contributed by atoms with van der Waals surface area (Å²) < 4.78 is 22.8. The molecule has 0 bridgehead atoms. The van der Waals surface area contributed by atoms with Crippen LogP contribution in [-0.2, 0) is 14.6 Å². The predicted octanol–water partition coefficient (Wildman–Crippen LogP) is 2.03. The maximum absolute atomic E-state index is 12.2. The summed E-state index contributed by atoms with van der Waals surface area (Å²) in [6.45, 7) is 5.18. The molecule has 1 aliphatic rings.